The fourth-order valence-corrected chi connectivity index (χ4v) is 1.51. The Morgan fingerprint density at radius 3 is 1.93 bits per heavy atom. The minimum atomic E-state index is 0.00866. The second-order valence-corrected chi connectivity index (χ2v) is 2.81. The summed E-state index contributed by atoms with van der Waals surface area (Å²) in [5.74, 6) is 0.678. The third-order valence-electron chi connectivity index (χ3n) is 2.28. The lowest BCUT2D eigenvalue weighted by Gasteiger charge is -2.08. The van der Waals surface area contributed by atoms with Crippen molar-refractivity contribution in [3.05, 3.63) is 0 Å². The first kappa shape index (κ1) is 15.9. The summed E-state index contributed by atoms with van der Waals surface area (Å²) >= 11 is 0. The van der Waals surface area contributed by atoms with Crippen LogP contribution in [0.25, 0.3) is 0 Å². The molecule has 0 spiro atoms. The van der Waals surface area contributed by atoms with Gasteiger partial charge in [0.15, 0.2) is 0 Å². The van der Waals surface area contributed by atoms with Gasteiger partial charge in [-0.1, -0.05) is 41.5 Å². The Hall–Kier alpha value is -0.530. The third kappa shape index (κ3) is 4.64. The van der Waals surface area contributed by atoms with Crippen LogP contribution >= 0.6 is 0 Å². The van der Waals surface area contributed by atoms with Crippen LogP contribution in [0.1, 0.15) is 54.4 Å². The molecular formula is C12H26O2. The summed E-state index contributed by atoms with van der Waals surface area (Å²) in [4.78, 5) is 11.0. The molecule has 1 fully saturated rings. The van der Waals surface area contributed by atoms with Crippen molar-refractivity contribution in [3.8, 4) is 0 Å². The molecule has 1 heterocycles. The minimum absolute atomic E-state index is 0.00866. The van der Waals surface area contributed by atoms with E-state index in [1.165, 1.54) is 0 Å². The van der Waals surface area contributed by atoms with Crippen LogP contribution in [0.3, 0.4) is 0 Å². The molecule has 1 aliphatic rings. The maximum Gasteiger partial charge on any atom is 0.309 e. The Bertz CT molecular complexity index is 132. The predicted molar refractivity (Wildman–Crippen MR) is 61.2 cm³/mol. The van der Waals surface area contributed by atoms with Gasteiger partial charge in [0, 0.05) is 5.92 Å². The first-order valence-electron chi connectivity index (χ1n) is 5.96. The van der Waals surface area contributed by atoms with Gasteiger partial charge >= 0.3 is 5.97 Å². The van der Waals surface area contributed by atoms with Crippen molar-refractivity contribution in [3.63, 3.8) is 0 Å². The summed E-state index contributed by atoms with van der Waals surface area (Å²) in [5.41, 5.74) is 0. The summed E-state index contributed by atoms with van der Waals surface area (Å²) in [6.45, 7) is 12.8. The lowest BCUT2D eigenvalue weighted by atomic mass is 9.91. The summed E-state index contributed by atoms with van der Waals surface area (Å²) in [6.07, 6.45) is 1.99. The Morgan fingerprint density at radius 1 is 1.14 bits per heavy atom. The summed E-state index contributed by atoms with van der Waals surface area (Å²) in [7, 11) is 0. The van der Waals surface area contributed by atoms with Gasteiger partial charge in [0.1, 0.15) is 0 Å². The van der Waals surface area contributed by atoms with Gasteiger partial charge in [-0.3, -0.25) is 4.79 Å². The van der Waals surface area contributed by atoms with Crippen LogP contribution in [0.4, 0.5) is 0 Å². The van der Waals surface area contributed by atoms with E-state index in [1.807, 2.05) is 34.6 Å². The maximum absolute atomic E-state index is 11.0. The van der Waals surface area contributed by atoms with E-state index in [0.717, 1.165) is 12.8 Å². The largest absolute Gasteiger partial charge is 0.465 e. The monoisotopic (exact) mass is 202 g/mol. The Morgan fingerprint density at radius 2 is 1.64 bits per heavy atom. The molecule has 0 amide bonds. The Kier molecular flexibility index (Phi) is 12.0. The number of cyclic esters (lactones) is 1. The summed E-state index contributed by atoms with van der Waals surface area (Å²) in [5, 5.41) is 0. The maximum atomic E-state index is 11.0. The van der Waals surface area contributed by atoms with E-state index in [1.54, 1.807) is 0 Å². The van der Waals surface area contributed by atoms with Gasteiger partial charge in [-0.05, 0) is 12.8 Å². The topological polar surface area (TPSA) is 26.3 Å². The van der Waals surface area contributed by atoms with E-state index in [4.69, 9.17) is 4.74 Å². The molecule has 1 aliphatic heterocycles. The molecular weight excluding hydrogens is 176 g/mol. The number of carbonyl (C=O) groups excluding carboxylic acids is 1. The van der Waals surface area contributed by atoms with E-state index >= 15 is 0 Å². The van der Waals surface area contributed by atoms with Crippen molar-refractivity contribution in [1.82, 2.24) is 0 Å². The van der Waals surface area contributed by atoms with Crippen LogP contribution in [-0.4, -0.2) is 12.6 Å². The van der Waals surface area contributed by atoms with Crippen molar-refractivity contribution in [2.24, 2.45) is 11.8 Å². The van der Waals surface area contributed by atoms with Crippen LogP contribution < -0.4 is 0 Å². The van der Waals surface area contributed by atoms with Crippen LogP contribution in [0.15, 0.2) is 0 Å². The van der Waals surface area contributed by atoms with Crippen molar-refractivity contribution < 1.29 is 9.53 Å². The van der Waals surface area contributed by atoms with Gasteiger partial charge in [0.05, 0.1) is 12.5 Å². The average Bonchev–Trinajstić information content (AvgIpc) is 2.64. The molecule has 1 rings (SSSR count). The highest BCUT2D eigenvalue weighted by Crippen LogP contribution is 2.26. The molecule has 0 aromatic carbocycles. The zero-order valence-electron chi connectivity index (χ0n) is 10.6. The van der Waals surface area contributed by atoms with E-state index < -0.39 is 0 Å². The molecule has 0 aromatic rings. The van der Waals surface area contributed by atoms with Crippen molar-refractivity contribution in [2.45, 2.75) is 54.4 Å². The molecule has 86 valence electrons. The van der Waals surface area contributed by atoms with Crippen LogP contribution in [0.5, 0.6) is 0 Å². The zero-order valence-corrected chi connectivity index (χ0v) is 10.6. The van der Waals surface area contributed by atoms with Gasteiger partial charge in [0.25, 0.3) is 0 Å². The normalized spacial score (nSPS) is 24.0. The Balaban J connectivity index is 0. The average molecular weight is 202 g/mol. The lowest BCUT2D eigenvalue weighted by Crippen LogP contribution is -2.13. The molecule has 0 bridgehead atoms. The molecule has 0 radical (unpaired) electrons. The van der Waals surface area contributed by atoms with Crippen molar-refractivity contribution >= 4 is 5.97 Å². The molecule has 0 aromatic heterocycles. The first-order valence-corrected chi connectivity index (χ1v) is 5.96. The van der Waals surface area contributed by atoms with Crippen molar-refractivity contribution in [2.75, 3.05) is 6.61 Å². The van der Waals surface area contributed by atoms with E-state index in [-0.39, 0.29) is 11.9 Å². The predicted octanol–water partition coefficient (Wildman–Crippen LogP) is 3.65. The van der Waals surface area contributed by atoms with E-state index in [0.29, 0.717) is 12.5 Å². The van der Waals surface area contributed by atoms with Crippen molar-refractivity contribution in [1.29, 1.82) is 0 Å². The number of ether oxygens (including phenoxy) is 1. The lowest BCUT2D eigenvalue weighted by molar-refractivity contribution is -0.141. The summed E-state index contributed by atoms with van der Waals surface area (Å²) in [6, 6.07) is 0. The van der Waals surface area contributed by atoms with Gasteiger partial charge in [-0.2, -0.15) is 0 Å². The highest BCUT2D eigenvalue weighted by molar-refractivity contribution is 5.74. The molecule has 14 heavy (non-hydrogen) atoms. The molecule has 0 aliphatic carbocycles. The number of esters is 1. The van der Waals surface area contributed by atoms with Crippen LogP contribution in [0, 0.1) is 11.8 Å². The molecule has 2 unspecified atom stereocenters. The second-order valence-electron chi connectivity index (χ2n) is 2.81. The standard InChI is InChI=1S/C8H14O2.2C2H6/c1-3-6-5-10-8(9)7(6)4-2;2*1-2/h6-7H,3-5H2,1-2H3;2*1-2H3. The molecule has 2 atom stereocenters. The molecule has 1 saturated heterocycles. The number of rotatable bonds is 2. The summed E-state index contributed by atoms with van der Waals surface area (Å²) < 4.78 is 4.92. The smallest absolute Gasteiger partial charge is 0.309 e. The zero-order chi connectivity index (χ0) is 11.6. The molecule has 0 saturated carbocycles. The number of hydrogen-bond acceptors (Lipinski definition) is 2. The minimum Gasteiger partial charge on any atom is -0.465 e. The fraction of sp³-hybridized carbons (Fsp3) is 0.917. The van der Waals surface area contributed by atoms with Gasteiger partial charge in [-0.25, -0.2) is 0 Å². The van der Waals surface area contributed by atoms with E-state index in [2.05, 4.69) is 6.92 Å². The van der Waals surface area contributed by atoms with Crippen LogP contribution in [0.2, 0.25) is 0 Å². The second kappa shape index (κ2) is 10.6. The van der Waals surface area contributed by atoms with Gasteiger partial charge in [0.2, 0.25) is 0 Å². The molecule has 2 heteroatoms. The first-order chi connectivity index (χ1) is 6.79. The quantitative estimate of drug-likeness (QED) is 0.639. The number of hydrogen-bond donors (Lipinski definition) is 0. The molecule has 2 nitrogen and oxygen atoms in total. The SMILES string of the molecule is CC.CC.CCC1COC(=O)C1CC. The number of carbonyl (C=O) groups is 1. The van der Waals surface area contributed by atoms with Crippen LogP contribution in [-0.2, 0) is 9.53 Å². The fourth-order valence-electron chi connectivity index (χ4n) is 1.51. The van der Waals surface area contributed by atoms with E-state index in [9.17, 15) is 4.79 Å². The van der Waals surface area contributed by atoms with Gasteiger partial charge in [-0.15, -0.1) is 0 Å². The molecule has 0 N–H and O–H groups in total. The highest BCUT2D eigenvalue weighted by Gasteiger charge is 2.33. The Labute approximate surface area is 89.0 Å². The highest BCUT2D eigenvalue weighted by atomic mass is 16.5. The van der Waals surface area contributed by atoms with Gasteiger partial charge < -0.3 is 4.74 Å². The third-order valence-corrected chi connectivity index (χ3v) is 2.28.